The van der Waals surface area contributed by atoms with Crippen LogP contribution in [0.3, 0.4) is 0 Å². The van der Waals surface area contributed by atoms with Gasteiger partial charge < -0.3 is 14.9 Å². The molecule has 15 heavy (non-hydrogen) atoms. The van der Waals surface area contributed by atoms with E-state index in [0.717, 1.165) is 23.5 Å². The Bertz CT molecular complexity index is 347. The van der Waals surface area contributed by atoms with Crippen LogP contribution in [0.1, 0.15) is 25.8 Å². The minimum atomic E-state index is 0.503. The summed E-state index contributed by atoms with van der Waals surface area (Å²) in [5, 5.41) is 7.62. The number of hydrogen-bond donors (Lipinski definition) is 1. The molecule has 1 N–H and O–H groups in total. The highest BCUT2D eigenvalue weighted by molar-refractivity contribution is 5.99. The van der Waals surface area contributed by atoms with Crippen molar-refractivity contribution in [3.63, 3.8) is 0 Å². The highest BCUT2D eigenvalue weighted by Crippen LogP contribution is 2.25. The zero-order chi connectivity index (χ0) is 11.3. The molecule has 82 valence electrons. The molecule has 1 aromatic rings. The molecule has 0 amide bonds. The summed E-state index contributed by atoms with van der Waals surface area (Å²) in [4.78, 5) is 0. The van der Waals surface area contributed by atoms with Crippen LogP contribution in [-0.4, -0.2) is 19.4 Å². The molecule has 1 rings (SSSR count). The molecule has 0 aliphatic carbocycles. The Labute approximate surface area is 90.5 Å². The SMILES string of the molecule is CCCOc1cc(OC)ccc1C(C)=N. The van der Waals surface area contributed by atoms with E-state index in [1.165, 1.54) is 0 Å². The molecule has 0 spiro atoms. The first-order valence-electron chi connectivity index (χ1n) is 5.05. The number of ether oxygens (including phenoxy) is 2. The summed E-state index contributed by atoms with van der Waals surface area (Å²) in [6, 6.07) is 5.52. The fourth-order valence-corrected chi connectivity index (χ4v) is 1.27. The first kappa shape index (κ1) is 11.6. The van der Waals surface area contributed by atoms with E-state index < -0.39 is 0 Å². The summed E-state index contributed by atoms with van der Waals surface area (Å²) in [7, 11) is 1.62. The van der Waals surface area contributed by atoms with Gasteiger partial charge in [0.2, 0.25) is 0 Å². The smallest absolute Gasteiger partial charge is 0.131 e. The van der Waals surface area contributed by atoms with Crippen LogP contribution in [0, 0.1) is 5.41 Å². The van der Waals surface area contributed by atoms with Gasteiger partial charge in [-0.25, -0.2) is 0 Å². The van der Waals surface area contributed by atoms with Crippen LogP contribution < -0.4 is 9.47 Å². The van der Waals surface area contributed by atoms with Crippen LogP contribution in [0.2, 0.25) is 0 Å². The van der Waals surface area contributed by atoms with Gasteiger partial charge in [-0.3, -0.25) is 0 Å². The lowest BCUT2D eigenvalue weighted by atomic mass is 10.1. The third-order valence-corrected chi connectivity index (χ3v) is 2.05. The third kappa shape index (κ3) is 2.98. The van der Waals surface area contributed by atoms with Gasteiger partial charge in [-0.1, -0.05) is 6.92 Å². The molecule has 0 unspecified atom stereocenters. The molecule has 0 bridgehead atoms. The second-order valence-electron chi connectivity index (χ2n) is 3.34. The van der Waals surface area contributed by atoms with Crippen LogP contribution in [0.5, 0.6) is 11.5 Å². The van der Waals surface area contributed by atoms with Gasteiger partial charge in [-0.15, -0.1) is 0 Å². The van der Waals surface area contributed by atoms with Gasteiger partial charge in [-0.05, 0) is 25.5 Å². The largest absolute Gasteiger partial charge is 0.497 e. The van der Waals surface area contributed by atoms with E-state index in [1.54, 1.807) is 14.0 Å². The molecule has 0 saturated heterocycles. The highest BCUT2D eigenvalue weighted by atomic mass is 16.5. The fraction of sp³-hybridized carbons (Fsp3) is 0.417. The highest BCUT2D eigenvalue weighted by Gasteiger charge is 2.07. The van der Waals surface area contributed by atoms with E-state index in [0.29, 0.717) is 12.3 Å². The van der Waals surface area contributed by atoms with E-state index in [-0.39, 0.29) is 0 Å². The van der Waals surface area contributed by atoms with Gasteiger partial charge in [-0.2, -0.15) is 0 Å². The van der Waals surface area contributed by atoms with Crippen LogP contribution in [0.15, 0.2) is 18.2 Å². The van der Waals surface area contributed by atoms with Gasteiger partial charge in [0.05, 0.1) is 13.7 Å². The maximum Gasteiger partial charge on any atom is 0.131 e. The molecule has 0 saturated carbocycles. The maximum absolute atomic E-state index is 7.62. The van der Waals surface area contributed by atoms with Crippen LogP contribution in [0.4, 0.5) is 0 Å². The number of hydrogen-bond acceptors (Lipinski definition) is 3. The van der Waals surface area contributed by atoms with Crippen molar-refractivity contribution in [3.8, 4) is 11.5 Å². The first-order valence-corrected chi connectivity index (χ1v) is 5.05. The summed E-state index contributed by atoms with van der Waals surface area (Å²) in [6.07, 6.45) is 0.952. The molecular weight excluding hydrogens is 190 g/mol. The number of nitrogens with one attached hydrogen (secondary N) is 1. The quantitative estimate of drug-likeness (QED) is 0.754. The molecule has 0 aliphatic heterocycles. The monoisotopic (exact) mass is 207 g/mol. The molecule has 1 aromatic carbocycles. The van der Waals surface area contributed by atoms with Crippen LogP contribution in [0.25, 0.3) is 0 Å². The number of methoxy groups -OCH3 is 1. The average Bonchev–Trinajstić information content (AvgIpc) is 2.25. The summed E-state index contributed by atoms with van der Waals surface area (Å²) >= 11 is 0. The summed E-state index contributed by atoms with van der Waals surface area (Å²) in [5.41, 5.74) is 1.33. The lowest BCUT2D eigenvalue weighted by Gasteiger charge is -2.11. The van der Waals surface area contributed by atoms with Gasteiger partial charge in [0.1, 0.15) is 11.5 Å². The summed E-state index contributed by atoms with van der Waals surface area (Å²) in [6.45, 7) is 4.46. The summed E-state index contributed by atoms with van der Waals surface area (Å²) < 4.78 is 10.7. The van der Waals surface area contributed by atoms with E-state index in [2.05, 4.69) is 6.92 Å². The van der Waals surface area contributed by atoms with Crippen molar-refractivity contribution in [2.75, 3.05) is 13.7 Å². The molecule has 0 atom stereocenters. The van der Waals surface area contributed by atoms with Crippen molar-refractivity contribution < 1.29 is 9.47 Å². The molecule has 0 aromatic heterocycles. The third-order valence-electron chi connectivity index (χ3n) is 2.05. The predicted octanol–water partition coefficient (Wildman–Crippen LogP) is 2.87. The topological polar surface area (TPSA) is 42.3 Å². The fourth-order valence-electron chi connectivity index (χ4n) is 1.27. The second kappa shape index (κ2) is 5.39. The lowest BCUT2D eigenvalue weighted by molar-refractivity contribution is 0.314. The Morgan fingerprint density at radius 2 is 2.13 bits per heavy atom. The zero-order valence-electron chi connectivity index (χ0n) is 9.46. The van der Waals surface area contributed by atoms with Crippen LogP contribution >= 0.6 is 0 Å². The van der Waals surface area contributed by atoms with Crippen molar-refractivity contribution in [1.29, 1.82) is 5.41 Å². The Morgan fingerprint density at radius 1 is 1.40 bits per heavy atom. The van der Waals surface area contributed by atoms with Crippen LogP contribution in [-0.2, 0) is 0 Å². The van der Waals surface area contributed by atoms with E-state index >= 15 is 0 Å². The zero-order valence-corrected chi connectivity index (χ0v) is 9.46. The van der Waals surface area contributed by atoms with Crippen molar-refractivity contribution in [1.82, 2.24) is 0 Å². The molecular formula is C12H17NO2. The lowest BCUT2D eigenvalue weighted by Crippen LogP contribution is -2.02. The number of rotatable bonds is 5. The molecule has 0 fully saturated rings. The minimum Gasteiger partial charge on any atom is -0.497 e. The van der Waals surface area contributed by atoms with E-state index in [1.807, 2.05) is 18.2 Å². The Kier molecular flexibility index (Phi) is 4.16. The molecule has 0 radical (unpaired) electrons. The van der Waals surface area contributed by atoms with E-state index in [4.69, 9.17) is 14.9 Å². The Hall–Kier alpha value is -1.51. The minimum absolute atomic E-state index is 0.503. The van der Waals surface area contributed by atoms with Crippen molar-refractivity contribution in [2.45, 2.75) is 20.3 Å². The first-order chi connectivity index (χ1) is 7.19. The predicted molar refractivity (Wildman–Crippen MR) is 61.3 cm³/mol. The van der Waals surface area contributed by atoms with Crippen molar-refractivity contribution in [2.24, 2.45) is 0 Å². The standard InChI is InChI=1S/C12H17NO2/c1-4-7-15-12-8-10(14-3)5-6-11(12)9(2)13/h5-6,8,13H,4,7H2,1-3H3. The second-order valence-corrected chi connectivity index (χ2v) is 3.34. The summed E-state index contributed by atoms with van der Waals surface area (Å²) in [5.74, 6) is 1.48. The maximum atomic E-state index is 7.62. The average molecular weight is 207 g/mol. The van der Waals surface area contributed by atoms with Gasteiger partial charge in [0, 0.05) is 17.3 Å². The Balaban J connectivity index is 2.99. The van der Waals surface area contributed by atoms with Gasteiger partial charge in [0.15, 0.2) is 0 Å². The number of benzene rings is 1. The normalized spacial score (nSPS) is 9.80. The molecule has 0 heterocycles. The van der Waals surface area contributed by atoms with Gasteiger partial charge in [0.25, 0.3) is 0 Å². The van der Waals surface area contributed by atoms with Gasteiger partial charge >= 0.3 is 0 Å². The van der Waals surface area contributed by atoms with Crippen molar-refractivity contribution in [3.05, 3.63) is 23.8 Å². The molecule has 3 heteroatoms. The Morgan fingerprint density at radius 3 is 2.67 bits per heavy atom. The van der Waals surface area contributed by atoms with Crippen molar-refractivity contribution >= 4 is 5.71 Å². The van der Waals surface area contributed by atoms with E-state index in [9.17, 15) is 0 Å². The molecule has 0 aliphatic rings. The molecule has 3 nitrogen and oxygen atoms in total.